The van der Waals surface area contributed by atoms with Crippen LogP contribution >= 0.6 is 0 Å². The minimum Gasteiger partial charge on any atom is -0.383 e. The fourth-order valence-electron chi connectivity index (χ4n) is 1.88. The Morgan fingerprint density at radius 3 is 2.83 bits per heavy atom. The van der Waals surface area contributed by atoms with Crippen LogP contribution in [0.25, 0.3) is 0 Å². The van der Waals surface area contributed by atoms with Crippen molar-refractivity contribution in [3.63, 3.8) is 0 Å². The lowest BCUT2D eigenvalue weighted by Crippen LogP contribution is -2.37. The summed E-state index contributed by atoms with van der Waals surface area (Å²) in [6.07, 6.45) is 0. The predicted octanol–water partition coefficient (Wildman–Crippen LogP) is 0.702. The number of ether oxygens (including phenoxy) is 1. The molecule has 1 aliphatic rings. The minimum atomic E-state index is -0.0374. The maximum atomic E-state index is 11.7. The molecular weight excluding hydrogens is 230 g/mol. The molecule has 1 aromatic carbocycles. The monoisotopic (exact) mass is 247 g/mol. The van der Waals surface area contributed by atoms with Gasteiger partial charge in [0.15, 0.2) is 0 Å². The summed E-state index contributed by atoms with van der Waals surface area (Å²) < 4.78 is 4.88. The van der Waals surface area contributed by atoms with E-state index in [9.17, 15) is 4.79 Å². The summed E-state index contributed by atoms with van der Waals surface area (Å²) in [6.45, 7) is 4.44. The quantitative estimate of drug-likeness (QED) is 0.778. The number of anilines is 2. The summed E-state index contributed by atoms with van der Waals surface area (Å²) in [5.41, 5.74) is 2.06. The van der Waals surface area contributed by atoms with E-state index in [0.29, 0.717) is 13.2 Å². The highest BCUT2D eigenvalue weighted by atomic mass is 16.5. The topological polar surface area (TPSA) is 44.8 Å². The molecule has 2 radical (unpaired) electrons. The molecule has 0 bridgehead atoms. The number of benzene rings is 1. The van der Waals surface area contributed by atoms with Crippen LogP contribution in [0.4, 0.5) is 11.4 Å². The van der Waals surface area contributed by atoms with Gasteiger partial charge in [0.05, 0.1) is 24.5 Å². The third kappa shape index (κ3) is 2.73. The van der Waals surface area contributed by atoms with Gasteiger partial charge in [-0.1, -0.05) is 12.1 Å². The van der Waals surface area contributed by atoms with Gasteiger partial charge in [0.2, 0.25) is 12.6 Å². The van der Waals surface area contributed by atoms with Gasteiger partial charge in [-0.15, -0.1) is 0 Å². The molecule has 1 heterocycles. The molecule has 0 saturated heterocycles. The summed E-state index contributed by atoms with van der Waals surface area (Å²) in [5.74, 6) is -0.0374. The second kappa shape index (κ2) is 5.73. The zero-order valence-corrected chi connectivity index (χ0v) is 10.6. The third-order valence-electron chi connectivity index (χ3n) is 2.73. The zero-order valence-electron chi connectivity index (χ0n) is 10.6. The largest absolute Gasteiger partial charge is 0.383 e. The molecule has 2 rings (SSSR count). The average molecular weight is 247 g/mol. The Bertz CT molecular complexity index is 422. The molecule has 0 unspecified atom stereocenters. The first kappa shape index (κ1) is 12.7. The summed E-state index contributed by atoms with van der Waals surface area (Å²) >= 11 is 0. The second-order valence-electron chi connectivity index (χ2n) is 4.08. The van der Waals surface area contributed by atoms with E-state index in [2.05, 4.69) is 12.0 Å². The first-order valence-electron chi connectivity index (χ1n) is 5.84. The molecule has 0 saturated carbocycles. The maximum Gasteiger partial charge on any atom is 0.239 e. The maximum absolute atomic E-state index is 11.7. The lowest BCUT2D eigenvalue weighted by atomic mass is 10.2. The fourth-order valence-corrected chi connectivity index (χ4v) is 1.88. The number of hydrogen-bond donors (Lipinski definition) is 1. The number of carbonyl (C=O) groups excluding carboxylic acids is 1. The fraction of sp³-hybridized carbons (Fsp3) is 0.385. The van der Waals surface area contributed by atoms with Gasteiger partial charge in [0.25, 0.3) is 0 Å². The van der Waals surface area contributed by atoms with Crippen molar-refractivity contribution in [2.45, 2.75) is 0 Å². The molecule has 5 nitrogen and oxygen atoms in total. The van der Waals surface area contributed by atoms with Gasteiger partial charge in [-0.25, -0.2) is 0 Å². The van der Waals surface area contributed by atoms with Crippen LogP contribution in [0, 0.1) is 6.67 Å². The zero-order chi connectivity index (χ0) is 13.0. The number of methoxy groups -OCH3 is 1. The normalized spacial score (nSPS) is 13.7. The van der Waals surface area contributed by atoms with E-state index in [1.165, 1.54) is 0 Å². The highest BCUT2D eigenvalue weighted by Crippen LogP contribution is 2.36. The standard InChI is InChI=1S/C13H17N3O2/c1-15-10-16(9-13(17)14-7-8-18-2)12-6-4-3-5-11(12)15/h3-6H,7-9H2,1-2H3,(H,14,17). The molecule has 1 N–H and O–H groups in total. The number of nitrogens with one attached hydrogen (secondary N) is 1. The van der Waals surface area contributed by atoms with Crippen LogP contribution in [-0.2, 0) is 9.53 Å². The number of carbonyl (C=O) groups is 1. The Kier molecular flexibility index (Phi) is 4.04. The summed E-state index contributed by atoms with van der Waals surface area (Å²) in [5, 5.41) is 2.79. The molecular formula is C13H17N3O2. The van der Waals surface area contributed by atoms with Gasteiger partial charge in [0.1, 0.15) is 0 Å². The lowest BCUT2D eigenvalue weighted by Gasteiger charge is -2.16. The van der Waals surface area contributed by atoms with Crippen molar-refractivity contribution in [2.24, 2.45) is 0 Å². The number of fused-ring (bicyclic) bond motifs is 1. The van der Waals surface area contributed by atoms with Crippen molar-refractivity contribution in [3.05, 3.63) is 30.9 Å². The Balaban J connectivity index is 1.93. The van der Waals surface area contributed by atoms with E-state index in [1.54, 1.807) is 7.11 Å². The van der Waals surface area contributed by atoms with Crippen LogP contribution in [0.3, 0.4) is 0 Å². The number of para-hydroxylation sites is 2. The molecule has 0 atom stereocenters. The summed E-state index contributed by atoms with van der Waals surface area (Å²) in [7, 11) is 3.53. The predicted molar refractivity (Wildman–Crippen MR) is 70.3 cm³/mol. The molecule has 0 fully saturated rings. The van der Waals surface area contributed by atoms with Crippen LogP contribution < -0.4 is 15.1 Å². The van der Waals surface area contributed by atoms with Crippen LogP contribution in [0.15, 0.2) is 24.3 Å². The van der Waals surface area contributed by atoms with Crippen LogP contribution in [0.1, 0.15) is 0 Å². The molecule has 5 heteroatoms. The van der Waals surface area contributed by atoms with Crippen molar-refractivity contribution < 1.29 is 9.53 Å². The molecule has 18 heavy (non-hydrogen) atoms. The average Bonchev–Trinajstić information content (AvgIpc) is 2.67. The van der Waals surface area contributed by atoms with Crippen molar-refractivity contribution in [1.82, 2.24) is 5.32 Å². The summed E-state index contributed by atoms with van der Waals surface area (Å²) in [4.78, 5) is 15.4. The number of nitrogens with zero attached hydrogens (tertiary/aromatic N) is 2. The van der Waals surface area contributed by atoms with Crippen LogP contribution in [-0.4, -0.2) is 39.8 Å². The Morgan fingerprint density at radius 2 is 2.11 bits per heavy atom. The number of hydrogen-bond acceptors (Lipinski definition) is 4. The SMILES string of the molecule is COCCNC(=O)CN1[C]N(C)c2ccccc21. The van der Waals surface area contributed by atoms with Gasteiger partial charge in [-0.05, 0) is 12.1 Å². The first-order chi connectivity index (χ1) is 8.72. The number of rotatable bonds is 5. The van der Waals surface area contributed by atoms with Crippen LogP contribution in [0.2, 0.25) is 0 Å². The molecule has 1 aliphatic heterocycles. The van der Waals surface area contributed by atoms with E-state index in [-0.39, 0.29) is 12.5 Å². The van der Waals surface area contributed by atoms with Crippen molar-refractivity contribution in [2.75, 3.05) is 43.7 Å². The highest BCUT2D eigenvalue weighted by molar-refractivity contribution is 5.86. The third-order valence-corrected chi connectivity index (χ3v) is 2.73. The molecule has 0 aromatic heterocycles. The van der Waals surface area contributed by atoms with E-state index in [1.807, 2.05) is 41.1 Å². The van der Waals surface area contributed by atoms with E-state index < -0.39 is 0 Å². The highest BCUT2D eigenvalue weighted by Gasteiger charge is 2.25. The smallest absolute Gasteiger partial charge is 0.239 e. The molecule has 0 spiro atoms. The Morgan fingerprint density at radius 1 is 1.39 bits per heavy atom. The molecule has 1 amide bonds. The van der Waals surface area contributed by atoms with Crippen molar-refractivity contribution >= 4 is 17.3 Å². The Labute approximate surface area is 107 Å². The lowest BCUT2D eigenvalue weighted by molar-refractivity contribution is -0.119. The van der Waals surface area contributed by atoms with Gasteiger partial charge in [-0.2, -0.15) is 0 Å². The van der Waals surface area contributed by atoms with Crippen molar-refractivity contribution in [3.8, 4) is 0 Å². The molecule has 96 valence electrons. The van der Waals surface area contributed by atoms with Gasteiger partial charge >= 0.3 is 0 Å². The minimum absolute atomic E-state index is 0.0374. The van der Waals surface area contributed by atoms with E-state index in [4.69, 9.17) is 4.74 Å². The number of amides is 1. The first-order valence-corrected chi connectivity index (χ1v) is 5.84. The van der Waals surface area contributed by atoms with Gasteiger partial charge in [-0.3, -0.25) is 4.79 Å². The summed E-state index contributed by atoms with van der Waals surface area (Å²) in [6, 6.07) is 7.91. The van der Waals surface area contributed by atoms with Gasteiger partial charge in [0, 0.05) is 20.7 Å². The molecule has 0 aliphatic carbocycles. The molecule has 1 aromatic rings. The second-order valence-corrected chi connectivity index (χ2v) is 4.08. The van der Waals surface area contributed by atoms with Crippen molar-refractivity contribution in [1.29, 1.82) is 0 Å². The Hall–Kier alpha value is -1.75. The van der Waals surface area contributed by atoms with Gasteiger partial charge < -0.3 is 19.9 Å². The van der Waals surface area contributed by atoms with E-state index >= 15 is 0 Å². The van der Waals surface area contributed by atoms with Crippen LogP contribution in [0.5, 0.6) is 0 Å². The van der Waals surface area contributed by atoms with E-state index in [0.717, 1.165) is 11.4 Å².